The molecule has 3 N–H and O–H groups in total. The molecule has 0 spiro atoms. The van der Waals surface area contributed by atoms with Crippen molar-refractivity contribution in [2.45, 2.75) is 44.1 Å². The highest BCUT2D eigenvalue weighted by Crippen LogP contribution is 2.32. The van der Waals surface area contributed by atoms with Gasteiger partial charge in [-0.25, -0.2) is 12.8 Å². The molecule has 1 aromatic rings. The molecular formula is C14H21FN2O3S. The van der Waals surface area contributed by atoms with E-state index in [1.54, 1.807) is 13.8 Å². The van der Waals surface area contributed by atoms with Crippen molar-refractivity contribution in [3.63, 3.8) is 0 Å². The van der Waals surface area contributed by atoms with Crippen molar-refractivity contribution in [2.75, 3.05) is 18.8 Å². The number of halogens is 1. The van der Waals surface area contributed by atoms with Gasteiger partial charge in [0.2, 0.25) is 10.0 Å². The van der Waals surface area contributed by atoms with Gasteiger partial charge >= 0.3 is 0 Å². The van der Waals surface area contributed by atoms with Gasteiger partial charge < -0.3 is 10.8 Å². The van der Waals surface area contributed by atoms with E-state index < -0.39 is 21.4 Å². The van der Waals surface area contributed by atoms with Crippen molar-refractivity contribution >= 4 is 15.7 Å². The molecule has 1 aromatic carbocycles. The first-order chi connectivity index (χ1) is 9.56. The SMILES string of the molecule is Cc1cc(F)c(N)c(C)c1S(=O)(=O)N1CCC(C)(O)CC1. The van der Waals surface area contributed by atoms with Crippen molar-refractivity contribution < 1.29 is 17.9 Å². The van der Waals surface area contributed by atoms with Gasteiger partial charge in [-0.3, -0.25) is 0 Å². The Kier molecular flexibility index (Phi) is 4.03. The molecule has 5 nitrogen and oxygen atoms in total. The predicted octanol–water partition coefficient (Wildman–Crippen LogP) is 1.56. The molecule has 0 aromatic heterocycles. The number of rotatable bonds is 2. The lowest BCUT2D eigenvalue weighted by Crippen LogP contribution is -2.45. The largest absolute Gasteiger partial charge is 0.396 e. The molecule has 1 heterocycles. The van der Waals surface area contributed by atoms with Crippen LogP contribution >= 0.6 is 0 Å². The lowest BCUT2D eigenvalue weighted by atomic mass is 9.95. The number of nitrogens with zero attached hydrogens (tertiary/aromatic N) is 1. The summed E-state index contributed by atoms with van der Waals surface area (Å²) < 4.78 is 40.5. The lowest BCUT2D eigenvalue weighted by molar-refractivity contribution is 0.0126. The number of sulfonamides is 1. The number of hydrogen-bond donors (Lipinski definition) is 2. The van der Waals surface area contributed by atoms with Crippen LogP contribution in [0, 0.1) is 19.7 Å². The van der Waals surface area contributed by atoms with Crippen molar-refractivity contribution in [3.05, 3.63) is 23.0 Å². The Balaban J connectivity index is 2.44. The zero-order valence-corrected chi connectivity index (χ0v) is 13.3. The van der Waals surface area contributed by atoms with E-state index in [0.29, 0.717) is 18.4 Å². The monoisotopic (exact) mass is 316 g/mol. The Bertz CT molecular complexity index is 661. The minimum atomic E-state index is -3.74. The third kappa shape index (κ3) is 2.90. The van der Waals surface area contributed by atoms with Gasteiger partial charge in [0.05, 0.1) is 16.2 Å². The number of nitrogen functional groups attached to an aromatic ring is 1. The van der Waals surface area contributed by atoms with Crippen LogP contribution in [-0.4, -0.2) is 36.5 Å². The Morgan fingerprint density at radius 2 is 1.86 bits per heavy atom. The summed E-state index contributed by atoms with van der Waals surface area (Å²) in [5.74, 6) is -0.606. The van der Waals surface area contributed by atoms with Gasteiger partial charge in [0.1, 0.15) is 5.82 Å². The first-order valence-electron chi connectivity index (χ1n) is 6.84. The Hall–Kier alpha value is -1.18. The number of aliphatic hydroxyl groups is 1. The quantitative estimate of drug-likeness (QED) is 0.811. The van der Waals surface area contributed by atoms with E-state index in [0.717, 1.165) is 6.07 Å². The number of hydrogen-bond acceptors (Lipinski definition) is 4. The second-order valence-corrected chi connectivity index (χ2v) is 7.82. The summed E-state index contributed by atoms with van der Waals surface area (Å²) in [6.45, 7) is 5.25. The highest BCUT2D eigenvalue weighted by Gasteiger charge is 2.35. The first-order valence-corrected chi connectivity index (χ1v) is 8.28. The molecule has 0 aliphatic carbocycles. The van der Waals surface area contributed by atoms with Gasteiger partial charge in [0.15, 0.2) is 0 Å². The summed E-state index contributed by atoms with van der Waals surface area (Å²) in [5, 5.41) is 9.93. The fraction of sp³-hybridized carbons (Fsp3) is 0.571. The average Bonchev–Trinajstić information content (AvgIpc) is 2.35. The van der Waals surface area contributed by atoms with E-state index in [9.17, 15) is 17.9 Å². The Morgan fingerprint density at radius 1 is 1.33 bits per heavy atom. The number of benzene rings is 1. The lowest BCUT2D eigenvalue weighted by Gasteiger charge is -2.35. The van der Waals surface area contributed by atoms with Crippen LogP contribution in [0.3, 0.4) is 0 Å². The second kappa shape index (κ2) is 5.23. The van der Waals surface area contributed by atoms with Crippen LogP contribution in [0.5, 0.6) is 0 Å². The molecule has 1 aliphatic heterocycles. The summed E-state index contributed by atoms with van der Waals surface area (Å²) >= 11 is 0. The molecule has 2 rings (SSSR count). The maximum atomic E-state index is 13.6. The van der Waals surface area contributed by atoms with Gasteiger partial charge in [-0.1, -0.05) is 0 Å². The molecule has 0 radical (unpaired) electrons. The van der Waals surface area contributed by atoms with Crippen molar-refractivity contribution in [1.29, 1.82) is 0 Å². The minimum absolute atomic E-state index is 0.0722. The van der Waals surface area contributed by atoms with Gasteiger partial charge in [-0.15, -0.1) is 0 Å². The molecule has 1 fully saturated rings. The van der Waals surface area contributed by atoms with Gasteiger partial charge in [0.25, 0.3) is 0 Å². The molecule has 118 valence electrons. The Labute approximate surface area is 124 Å². The molecule has 21 heavy (non-hydrogen) atoms. The van der Waals surface area contributed by atoms with Crippen LogP contribution in [0.2, 0.25) is 0 Å². The van der Waals surface area contributed by atoms with Crippen molar-refractivity contribution in [3.8, 4) is 0 Å². The standard InChI is InChI=1S/C14H21FN2O3S/c1-9-8-11(15)12(16)10(2)13(9)21(19,20)17-6-4-14(3,18)5-7-17/h8,18H,4-7,16H2,1-3H3. The molecule has 1 saturated heterocycles. The van der Waals surface area contributed by atoms with Crippen LogP contribution < -0.4 is 5.73 Å². The average molecular weight is 316 g/mol. The molecule has 1 aliphatic rings. The van der Waals surface area contributed by atoms with E-state index >= 15 is 0 Å². The molecule has 7 heteroatoms. The van der Waals surface area contributed by atoms with Crippen LogP contribution in [0.25, 0.3) is 0 Å². The van der Waals surface area contributed by atoms with E-state index in [-0.39, 0.29) is 29.2 Å². The number of nitrogens with two attached hydrogens (primary N) is 1. The summed E-state index contributed by atoms with van der Waals surface area (Å²) in [6.07, 6.45) is 0.752. The molecule has 0 amide bonds. The third-order valence-corrected chi connectivity index (χ3v) is 6.29. The van der Waals surface area contributed by atoms with E-state index in [2.05, 4.69) is 0 Å². The fourth-order valence-electron chi connectivity index (χ4n) is 2.66. The predicted molar refractivity (Wildman–Crippen MR) is 78.9 cm³/mol. The normalized spacial score (nSPS) is 19.7. The van der Waals surface area contributed by atoms with E-state index in [4.69, 9.17) is 5.73 Å². The zero-order valence-electron chi connectivity index (χ0n) is 12.5. The highest BCUT2D eigenvalue weighted by molar-refractivity contribution is 7.89. The van der Waals surface area contributed by atoms with E-state index in [1.807, 2.05) is 0 Å². The molecule has 0 bridgehead atoms. The summed E-state index contributed by atoms with van der Waals surface area (Å²) in [7, 11) is -3.74. The van der Waals surface area contributed by atoms with Crippen LogP contribution in [-0.2, 0) is 10.0 Å². The number of aryl methyl sites for hydroxylation is 1. The maximum absolute atomic E-state index is 13.6. The zero-order chi connectivity index (χ0) is 16.0. The Morgan fingerprint density at radius 3 is 2.38 bits per heavy atom. The molecule has 0 unspecified atom stereocenters. The first kappa shape index (κ1) is 16.2. The molecular weight excluding hydrogens is 295 g/mol. The summed E-state index contributed by atoms with van der Waals surface area (Å²) in [4.78, 5) is 0.0722. The van der Waals surface area contributed by atoms with Gasteiger partial charge in [-0.05, 0) is 50.8 Å². The molecule has 0 atom stereocenters. The summed E-state index contributed by atoms with van der Waals surface area (Å²) in [6, 6.07) is 1.15. The van der Waals surface area contributed by atoms with Gasteiger partial charge in [-0.2, -0.15) is 4.31 Å². The van der Waals surface area contributed by atoms with Crippen molar-refractivity contribution in [1.82, 2.24) is 4.31 Å². The highest BCUT2D eigenvalue weighted by atomic mass is 32.2. The van der Waals surface area contributed by atoms with Crippen LogP contribution in [0.15, 0.2) is 11.0 Å². The molecule has 0 saturated carbocycles. The van der Waals surface area contributed by atoms with E-state index in [1.165, 1.54) is 11.2 Å². The van der Waals surface area contributed by atoms with Crippen molar-refractivity contribution in [2.24, 2.45) is 0 Å². The minimum Gasteiger partial charge on any atom is -0.396 e. The van der Waals surface area contributed by atoms with Crippen LogP contribution in [0.4, 0.5) is 10.1 Å². The second-order valence-electron chi connectivity index (χ2n) is 5.94. The fourth-order valence-corrected chi connectivity index (χ4v) is 4.55. The van der Waals surface area contributed by atoms with Gasteiger partial charge in [0, 0.05) is 13.1 Å². The summed E-state index contributed by atoms with van der Waals surface area (Å²) in [5.41, 5.74) is 5.24. The smallest absolute Gasteiger partial charge is 0.243 e. The van der Waals surface area contributed by atoms with Crippen LogP contribution in [0.1, 0.15) is 30.9 Å². The topological polar surface area (TPSA) is 83.6 Å². The number of piperidine rings is 1. The third-order valence-electron chi connectivity index (χ3n) is 4.10. The number of anilines is 1. The maximum Gasteiger partial charge on any atom is 0.243 e.